The molecule has 0 amide bonds. The SMILES string of the molecule is CCC(=O)c1cc(-c2cscn2)ns1. The molecule has 0 saturated carbocycles. The monoisotopic (exact) mass is 224 g/mol. The summed E-state index contributed by atoms with van der Waals surface area (Å²) in [6.45, 7) is 1.85. The maximum absolute atomic E-state index is 11.3. The molecule has 0 N–H and O–H groups in total. The van der Waals surface area contributed by atoms with E-state index in [-0.39, 0.29) is 5.78 Å². The van der Waals surface area contributed by atoms with Crippen LogP contribution in [0.25, 0.3) is 11.4 Å². The van der Waals surface area contributed by atoms with Crippen molar-refractivity contribution in [3.8, 4) is 11.4 Å². The van der Waals surface area contributed by atoms with Crippen molar-refractivity contribution in [2.75, 3.05) is 0 Å². The Balaban J connectivity index is 2.31. The van der Waals surface area contributed by atoms with E-state index in [2.05, 4.69) is 9.36 Å². The summed E-state index contributed by atoms with van der Waals surface area (Å²) in [5.74, 6) is 0.143. The molecule has 2 heterocycles. The van der Waals surface area contributed by atoms with Gasteiger partial charge in [-0.3, -0.25) is 4.79 Å². The number of aromatic nitrogens is 2. The van der Waals surface area contributed by atoms with E-state index in [1.165, 1.54) is 22.9 Å². The number of Topliss-reactive ketones (excluding diaryl/α,β-unsaturated/α-hetero) is 1. The molecule has 0 aliphatic heterocycles. The predicted octanol–water partition coefficient (Wildman–Crippen LogP) is 2.86. The highest BCUT2D eigenvalue weighted by Crippen LogP contribution is 2.22. The number of nitrogens with zero attached hydrogens (tertiary/aromatic N) is 2. The van der Waals surface area contributed by atoms with E-state index in [1.807, 2.05) is 18.4 Å². The Morgan fingerprint density at radius 3 is 3.00 bits per heavy atom. The van der Waals surface area contributed by atoms with Gasteiger partial charge in [-0.2, -0.15) is 4.37 Å². The van der Waals surface area contributed by atoms with Crippen molar-refractivity contribution in [2.24, 2.45) is 0 Å². The van der Waals surface area contributed by atoms with E-state index >= 15 is 0 Å². The van der Waals surface area contributed by atoms with Crippen LogP contribution in [0.4, 0.5) is 0 Å². The molecule has 5 heteroatoms. The van der Waals surface area contributed by atoms with E-state index in [1.54, 1.807) is 5.51 Å². The molecule has 0 fully saturated rings. The average molecular weight is 224 g/mol. The maximum Gasteiger partial charge on any atom is 0.174 e. The van der Waals surface area contributed by atoms with Gasteiger partial charge in [0.1, 0.15) is 11.4 Å². The number of rotatable bonds is 3. The van der Waals surface area contributed by atoms with Crippen molar-refractivity contribution < 1.29 is 4.79 Å². The first-order valence-corrected chi connectivity index (χ1v) is 5.91. The molecule has 0 atom stereocenters. The summed E-state index contributed by atoms with van der Waals surface area (Å²) < 4.78 is 4.19. The second kappa shape index (κ2) is 3.98. The molecule has 0 saturated heterocycles. The molecule has 2 aromatic rings. The van der Waals surface area contributed by atoms with E-state index < -0.39 is 0 Å². The lowest BCUT2D eigenvalue weighted by Gasteiger charge is -1.87. The smallest absolute Gasteiger partial charge is 0.174 e. The third kappa shape index (κ3) is 1.73. The predicted molar refractivity (Wildman–Crippen MR) is 57.8 cm³/mol. The molecule has 3 nitrogen and oxygen atoms in total. The highest BCUT2D eigenvalue weighted by Gasteiger charge is 2.10. The third-order valence-electron chi connectivity index (χ3n) is 1.80. The molecule has 72 valence electrons. The summed E-state index contributed by atoms with van der Waals surface area (Å²) in [7, 11) is 0. The number of carbonyl (C=O) groups is 1. The standard InChI is InChI=1S/C9H8N2OS2/c1-2-8(12)9-3-6(11-14-9)7-4-13-5-10-7/h3-5H,2H2,1H3. The van der Waals surface area contributed by atoms with Crippen LogP contribution < -0.4 is 0 Å². The van der Waals surface area contributed by atoms with Gasteiger partial charge >= 0.3 is 0 Å². The highest BCUT2D eigenvalue weighted by atomic mass is 32.1. The summed E-state index contributed by atoms with van der Waals surface area (Å²) in [4.78, 5) is 16.2. The van der Waals surface area contributed by atoms with Crippen molar-refractivity contribution >= 4 is 28.7 Å². The van der Waals surface area contributed by atoms with Crippen LogP contribution in [0, 0.1) is 0 Å². The zero-order valence-corrected chi connectivity index (χ0v) is 9.19. The van der Waals surface area contributed by atoms with E-state index in [0.29, 0.717) is 6.42 Å². The van der Waals surface area contributed by atoms with Gasteiger partial charge in [0.2, 0.25) is 0 Å². The van der Waals surface area contributed by atoms with Crippen LogP contribution in [0.5, 0.6) is 0 Å². The Morgan fingerprint density at radius 2 is 2.36 bits per heavy atom. The Bertz CT molecular complexity index is 433. The lowest BCUT2D eigenvalue weighted by atomic mass is 10.2. The molecular formula is C9H8N2OS2. The summed E-state index contributed by atoms with van der Waals surface area (Å²) >= 11 is 2.77. The molecule has 0 aromatic carbocycles. The molecule has 2 aromatic heterocycles. The minimum absolute atomic E-state index is 0.143. The first-order valence-electron chi connectivity index (χ1n) is 4.19. The lowest BCUT2D eigenvalue weighted by Crippen LogP contribution is -1.90. The Hall–Kier alpha value is -1.07. The van der Waals surface area contributed by atoms with E-state index in [9.17, 15) is 4.79 Å². The van der Waals surface area contributed by atoms with E-state index in [0.717, 1.165) is 16.3 Å². The van der Waals surface area contributed by atoms with Crippen LogP contribution in [-0.4, -0.2) is 15.1 Å². The number of hydrogen-bond acceptors (Lipinski definition) is 5. The molecule has 0 radical (unpaired) electrons. The van der Waals surface area contributed by atoms with Crippen molar-refractivity contribution in [1.82, 2.24) is 9.36 Å². The molecule has 14 heavy (non-hydrogen) atoms. The fourth-order valence-electron chi connectivity index (χ4n) is 1.04. The van der Waals surface area contributed by atoms with Crippen LogP contribution in [-0.2, 0) is 0 Å². The Morgan fingerprint density at radius 1 is 1.50 bits per heavy atom. The first kappa shape index (κ1) is 9.48. The van der Waals surface area contributed by atoms with Gasteiger partial charge in [-0.05, 0) is 17.6 Å². The van der Waals surface area contributed by atoms with Gasteiger partial charge in [0.15, 0.2) is 5.78 Å². The number of ketones is 1. The highest BCUT2D eigenvalue weighted by molar-refractivity contribution is 7.08. The van der Waals surface area contributed by atoms with Crippen LogP contribution in [0.15, 0.2) is 17.0 Å². The second-order valence-electron chi connectivity index (χ2n) is 2.73. The quantitative estimate of drug-likeness (QED) is 0.753. The fourth-order valence-corrected chi connectivity index (χ4v) is 2.34. The Kier molecular flexibility index (Phi) is 2.69. The van der Waals surface area contributed by atoms with Crippen molar-refractivity contribution in [1.29, 1.82) is 0 Å². The largest absolute Gasteiger partial charge is 0.293 e. The van der Waals surface area contributed by atoms with Gasteiger partial charge in [0, 0.05) is 11.8 Å². The number of hydrogen-bond donors (Lipinski definition) is 0. The third-order valence-corrected chi connectivity index (χ3v) is 3.22. The van der Waals surface area contributed by atoms with Crippen LogP contribution in [0.3, 0.4) is 0 Å². The minimum Gasteiger partial charge on any atom is -0.293 e. The summed E-state index contributed by atoms with van der Waals surface area (Å²) in [6.07, 6.45) is 0.526. The minimum atomic E-state index is 0.143. The topological polar surface area (TPSA) is 42.9 Å². The normalized spacial score (nSPS) is 10.4. The molecule has 0 unspecified atom stereocenters. The van der Waals surface area contributed by atoms with Crippen molar-refractivity contribution in [3.63, 3.8) is 0 Å². The average Bonchev–Trinajstić information content (AvgIpc) is 2.86. The lowest BCUT2D eigenvalue weighted by molar-refractivity contribution is 0.0992. The molecule has 0 bridgehead atoms. The number of carbonyl (C=O) groups excluding carboxylic acids is 1. The summed E-state index contributed by atoms with van der Waals surface area (Å²) in [6, 6.07) is 1.81. The summed E-state index contributed by atoms with van der Waals surface area (Å²) in [5, 5.41) is 1.93. The van der Waals surface area contributed by atoms with Crippen molar-refractivity contribution in [2.45, 2.75) is 13.3 Å². The molecule has 2 rings (SSSR count). The van der Waals surface area contributed by atoms with Gasteiger partial charge < -0.3 is 0 Å². The second-order valence-corrected chi connectivity index (χ2v) is 4.25. The molecular weight excluding hydrogens is 216 g/mol. The van der Waals surface area contributed by atoms with E-state index in [4.69, 9.17) is 0 Å². The van der Waals surface area contributed by atoms with Gasteiger partial charge in [-0.15, -0.1) is 11.3 Å². The fraction of sp³-hybridized carbons (Fsp3) is 0.222. The Labute approximate surface area is 89.6 Å². The van der Waals surface area contributed by atoms with Gasteiger partial charge in [0.05, 0.1) is 10.4 Å². The maximum atomic E-state index is 11.3. The number of thiazole rings is 1. The van der Waals surface area contributed by atoms with Crippen LogP contribution in [0.1, 0.15) is 23.0 Å². The summed E-state index contributed by atoms with van der Waals surface area (Å²) in [5.41, 5.74) is 3.41. The van der Waals surface area contributed by atoms with Gasteiger partial charge in [0.25, 0.3) is 0 Å². The van der Waals surface area contributed by atoms with Gasteiger partial charge in [-0.25, -0.2) is 4.98 Å². The molecule has 0 aliphatic rings. The zero-order valence-electron chi connectivity index (χ0n) is 7.56. The van der Waals surface area contributed by atoms with Crippen LogP contribution in [0.2, 0.25) is 0 Å². The molecule has 0 aliphatic carbocycles. The molecule has 0 spiro atoms. The van der Waals surface area contributed by atoms with Crippen molar-refractivity contribution in [3.05, 3.63) is 21.8 Å². The van der Waals surface area contributed by atoms with Crippen LogP contribution >= 0.6 is 22.9 Å². The van der Waals surface area contributed by atoms with Gasteiger partial charge in [-0.1, -0.05) is 6.92 Å². The zero-order chi connectivity index (χ0) is 9.97. The first-order chi connectivity index (χ1) is 6.81.